The molecule has 2 fully saturated rings. The van der Waals surface area contributed by atoms with Gasteiger partial charge in [-0.3, -0.25) is 14.4 Å². The zero-order chi connectivity index (χ0) is 39.3. The highest BCUT2D eigenvalue weighted by molar-refractivity contribution is 5.84. The van der Waals surface area contributed by atoms with Gasteiger partial charge in [0, 0.05) is 45.6 Å². The lowest BCUT2D eigenvalue weighted by Gasteiger charge is -2.36. The summed E-state index contributed by atoms with van der Waals surface area (Å²) in [6.45, 7) is 7.93. The summed E-state index contributed by atoms with van der Waals surface area (Å²) in [4.78, 5) is 54.6. The normalized spacial score (nSPS) is 18.4. The number of methoxy groups -OCH3 is 1. The van der Waals surface area contributed by atoms with Crippen LogP contribution >= 0.6 is 0 Å². The first-order valence-corrected chi connectivity index (χ1v) is 20.4. The van der Waals surface area contributed by atoms with Gasteiger partial charge in [0.05, 0.1) is 18.2 Å². The van der Waals surface area contributed by atoms with Gasteiger partial charge in [0.25, 0.3) is 5.91 Å². The minimum atomic E-state index is -0.972. The first-order valence-electron chi connectivity index (χ1n) is 20.4. The molecule has 1 aliphatic heterocycles. The van der Waals surface area contributed by atoms with E-state index in [0.717, 1.165) is 44.1 Å². The Labute approximate surface area is 323 Å². The Morgan fingerprint density at radius 3 is 2.24 bits per heavy atom. The van der Waals surface area contributed by atoms with Crippen LogP contribution in [0.4, 0.5) is 4.79 Å². The minimum Gasteiger partial charge on any atom is -0.391 e. The number of rotatable bonds is 24. The maximum Gasteiger partial charge on any atom is 0.312 e. The molecule has 1 aliphatic carbocycles. The Morgan fingerprint density at radius 2 is 1.61 bits per heavy atom. The van der Waals surface area contributed by atoms with Gasteiger partial charge in [-0.15, -0.1) is 0 Å². The number of benzene rings is 1. The third-order valence-corrected chi connectivity index (χ3v) is 10.8. The summed E-state index contributed by atoms with van der Waals surface area (Å²) in [7, 11) is 1.59. The molecule has 1 aromatic carbocycles. The first kappa shape index (κ1) is 45.1. The van der Waals surface area contributed by atoms with Gasteiger partial charge in [-0.25, -0.2) is 4.79 Å². The standard InChI is InChI=1S/C41H69N5O8/c1-5-6-18-36(54-37(26-31-16-11-8-12-17-31)40(50)46-23-19-32(20-24-46)53-28-52-4)39(49)45-34(25-30-14-9-7-10-15-30)35(47)27-33(29(2)3)38(48)43-21-13-22-44-41(42)51/h8,11-12,16-17,29-30,32-37,47H,5-7,9-10,13-15,18-28H2,1-4H3,(H,43,48)(H,45,49)(H3,42,44,51)/t33?,34?,35-,36?,37?/m0/s1. The predicted molar refractivity (Wildman–Crippen MR) is 208 cm³/mol. The molecule has 1 saturated carbocycles. The molecular formula is C41H69N5O8. The number of carbonyl (C=O) groups is 4. The minimum absolute atomic E-state index is 0.0186. The van der Waals surface area contributed by atoms with E-state index in [1.807, 2.05) is 49.1 Å². The molecule has 0 aromatic heterocycles. The maximum atomic E-state index is 14.3. The molecule has 1 saturated heterocycles. The molecule has 0 radical (unpaired) electrons. The van der Waals surface area contributed by atoms with Crippen LogP contribution in [0.25, 0.3) is 0 Å². The average Bonchev–Trinajstić information content (AvgIpc) is 3.17. The van der Waals surface area contributed by atoms with Crippen molar-refractivity contribution in [2.24, 2.45) is 23.5 Å². The van der Waals surface area contributed by atoms with Crippen LogP contribution in [-0.4, -0.2) is 104 Å². The molecule has 0 bridgehead atoms. The zero-order valence-corrected chi connectivity index (χ0v) is 33.3. The number of aliphatic hydroxyl groups excluding tert-OH is 1. The third-order valence-electron chi connectivity index (χ3n) is 10.8. The number of ether oxygens (including phenoxy) is 3. The van der Waals surface area contributed by atoms with Crippen LogP contribution < -0.4 is 21.7 Å². The van der Waals surface area contributed by atoms with Crippen molar-refractivity contribution in [1.82, 2.24) is 20.9 Å². The van der Waals surface area contributed by atoms with Crippen molar-refractivity contribution in [2.75, 3.05) is 40.1 Å². The molecule has 0 spiro atoms. The summed E-state index contributed by atoms with van der Waals surface area (Å²) in [5.74, 6) is -0.857. The van der Waals surface area contributed by atoms with Gasteiger partial charge in [-0.05, 0) is 55.9 Å². The quantitative estimate of drug-likeness (QED) is 0.0758. The van der Waals surface area contributed by atoms with Gasteiger partial charge in [-0.1, -0.05) is 96.0 Å². The second kappa shape index (κ2) is 25.0. The van der Waals surface area contributed by atoms with Crippen LogP contribution in [0.15, 0.2) is 30.3 Å². The molecule has 54 heavy (non-hydrogen) atoms. The van der Waals surface area contributed by atoms with E-state index >= 15 is 0 Å². The Kier molecular flexibility index (Phi) is 20.9. The van der Waals surface area contributed by atoms with Crippen LogP contribution in [-0.2, 0) is 35.0 Å². The summed E-state index contributed by atoms with van der Waals surface area (Å²) < 4.78 is 17.4. The van der Waals surface area contributed by atoms with Crippen LogP contribution in [0.3, 0.4) is 0 Å². The number of nitrogens with one attached hydrogen (secondary N) is 3. The number of aliphatic hydroxyl groups is 1. The Bertz CT molecular complexity index is 1240. The molecule has 1 aromatic rings. The largest absolute Gasteiger partial charge is 0.391 e. The molecule has 2 aliphatic rings. The summed E-state index contributed by atoms with van der Waals surface area (Å²) in [5.41, 5.74) is 6.08. The van der Waals surface area contributed by atoms with E-state index in [1.165, 1.54) is 6.42 Å². The van der Waals surface area contributed by atoms with E-state index in [0.29, 0.717) is 70.6 Å². The van der Waals surface area contributed by atoms with Crippen molar-refractivity contribution >= 4 is 23.8 Å². The number of urea groups is 1. The van der Waals surface area contributed by atoms with Crippen LogP contribution in [0.2, 0.25) is 0 Å². The molecule has 3 rings (SSSR count). The summed E-state index contributed by atoms with van der Waals surface area (Å²) in [6.07, 6.45) is 7.77. The topological polar surface area (TPSA) is 182 Å². The van der Waals surface area contributed by atoms with Gasteiger partial charge in [0.1, 0.15) is 19.0 Å². The SMILES string of the molecule is CCCCC(OC(Cc1ccccc1)C(=O)N1CCC(OCOC)CC1)C(=O)NC(CC1CCCCC1)[C@@H](O)CC(C(=O)NCCCNC(N)=O)C(C)C. The number of nitrogens with zero attached hydrogens (tertiary/aromatic N) is 1. The summed E-state index contributed by atoms with van der Waals surface area (Å²) in [6, 6.07) is 8.52. The lowest BCUT2D eigenvalue weighted by atomic mass is 9.81. The number of primary amides is 1. The van der Waals surface area contributed by atoms with Gasteiger partial charge < -0.3 is 45.9 Å². The smallest absolute Gasteiger partial charge is 0.312 e. The number of amides is 5. The molecule has 13 nitrogen and oxygen atoms in total. The van der Waals surface area contributed by atoms with Crippen molar-refractivity contribution in [1.29, 1.82) is 0 Å². The Hall–Kier alpha value is -3.26. The Morgan fingerprint density at radius 1 is 0.926 bits per heavy atom. The highest BCUT2D eigenvalue weighted by atomic mass is 16.7. The highest BCUT2D eigenvalue weighted by Gasteiger charge is 2.36. The number of unbranched alkanes of at least 4 members (excludes halogenated alkanes) is 1. The van der Waals surface area contributed by atoms with Crippen molar-refractivity contribution < 1.29 is 38.5 Å². The molecule has 306 valence electrons. The van der Waals surface area contributed by atoms with Gasteiger partial charge in [-0.2, -0.15) is 0 Å². The number of nitrogens with two attached hydrogens (primary N) is 1. The second-order valence-electron chi connectivity index (χ2n) is 15.5. The number of hydrogen-bond acceptors (Lipinski definition) is 8. The number of carbonyl (C=O) groups excluding carboxylic acids is 4. The van der Waals surface area contributed by atoms with E-state index in [9.17, 15) is 24.3 Å². The lowest BCUT2D eigenvalue weighted by Crippen LogP contribution is -2.52. The summed E-state index contributed by atoms with van der Waals surface area (Å²) >= 11 is 0. The number of likely N-dealkylation sites (tertiary alicyclic amines) is 1. The fourth-order valence-corrected chi connectivity index (χ4v) is 7.60. The van der Waals surface area contributed by atoms with E-state index in [4.69, 9.17) is 19.9 Å². The molecule has 4 unspecified atom stereocenters. The zero-order valence-electron chi connectivity index (χ0n) is 33.3. The van der Waals surface area contributed by atoms with Crippen molar-refractivity contribution in [3.8, 4) is 0 Å². The average molecular weight is 760 g/mol. The highest BCUT2D eigenvalue weighted by Crippen LogP contribution is 2.30. The van der Waals surface area contributed by atoms with Crippen molar-refractivity contribution in [2.45, 2.75) is 141 Å². The van der Waals surface area contributed by atoms with Crippen molar-refractivity contribution in [3.05, 3.63) is 35.9 Å². The summed E-state index contributed by atoms with van der Waals surface area (Å²) in [5, 5.41) is 20.5. The molecule has 6 N–H and O–H groups in total. The van der Waals surface area contributed by atoms with E-state index < -0.39 is 36.3 Å². The predicted octanol–water partition coefficient (Wildman–Crippen LogP) is 4.44. The molecule has 1 heterocycles. The van der Waals surface area contributed by atoms with Gasteiger partial charge >= 0.3 is 6.03 Å². The van der Waals surface area contributed by atoms with Gasteiger partial charge in [0.15, 0.2) is 0 Å². The van der Waals surface area contributed by atoms with Crippen LogP contribution in [0.1, 0.15) is 110 Å². The molecule has 5 amide bonds. The second-order valence-corrected chi connectivity index (χ2v) is 15.5. The van der Waals surface area contributed by atoms with Crippen LogP contribution in [0, 0.1) is 17.8 Å². The molecule has 5 atom stereocenters. The number of hydrogen-bond donors (Lipinski definition) is 5. The molecular weight excluding hydrogens is 690 g/mol. The Balaban J connectivity index is 1.78. The fourth-order valence-electron chi connectivity index (χ4n) is 7.60. The first-order chi connectivity index (χ1) is 26.0. The van der Waals surface area contributed by atoms with E-state index in [1.54, 1.807) is 7.11 Å². The van der Waals surface area contributed by atoms with E-state index in [2.05, 4.69) is 22.9 Å². The van der Waals surface area contributed by atoms with E-state index in [-0.39, 0.29) is 43.0 Å². The van der Waals surface area contributed by atoms with Gasteiger partial charge in [0.2, 0.25) is 11.8 Å². The third kappa shape index (κ3) is 16.2. The number of piperidine rings is 1. The lowest BCUT2D eigenvalue weighted by molar-refractivity contribution is -0.157. The van der Waals surface area contributed by atoms with Crippen molar-refractivity contribution in [3.63, 3.8) is 0 Å². The molecule has 13 heteroatoms. The monoisotopic (exact) mass is 760 g/mol. The maximum absolute atomic E-state index is 14.3. The van der Waals surface area contributed by atoms with Crippen LogP contribution in [0.5, 0.6) is 0 Å². The fraction of sp³-hybridized carbons (Fsp3) is 0.756.